The number of hydrogen-bond acceptors (Lipinski definition) is 6. The van der Waals surface area contributed by atoms with Gasteiger partial charge in [-0.1, -0.05) is 18.2 Å². The molecule has 156 valence electrons. The molecule has 0 fully saturated rings. The Labute approximate surface area is 179 Å². The molecule has 1 aliphatic rings. The molecule has 0 saturated carbocycles. The molecule has 0 aliphatic carbocycles. The molecule has 1 N–H and O–H groups in total. The van der Waals surface area contributed by atoms with Crippen molar-refractivity contribution in [3.63, 3.8) is 0 Å². The number of rotatable bonds is 4. The first kappa shape index (κ1) is 19.1. The number of H-pyrrole nitrogens is 1. The summed E-state index contributed by atoms with van der Waals surface area (Å²) in [7, 11) is 3.12. The lowest BCUT2D eigenvalue weighted by Crippen LogP contribution is -2.33. The number of nitrogens with one attached hydrogen (secondary N) is 1. The van der Waals surface area contributed by atoms with Gasteiger partial charge in [0, 0.05) is 31.5 Å². The maximum Gasteiger partial charge on any atom is 0.260 e. The molecule has 0 radical (unpaired) electrons. The Kier molecular flexibility index (Phi) is 4.78. The molecule has 2 aromatic heterocycles. The van der Waals surface area contributed by atoms with Crippen LogP contribution in [0.2, 0.25) is 0 Å². The number of aromatic nitrogens is 3. The van der Waals surface area contributed by atoms with Gasteiger partial charge in [-0.2, -0.15) is 0 Å². The Morgan fingerprint density at radius 2 is 1.81 bits per heavy atom. The lowest BCUT2D eigenvalue weighted by Gasteiger charge is -2.30. The Morgan fingerprint density at radius 3 is 2.58 bits per heavy atom. The SMILES string of the molecule is COc1cc2nc(N3CCc4c(cccc4-c4ccncc4)C3)[nH]c(=O)c2cc1OC. The zero-order valence-corrected chi connectivity index (χ0v) is 17.4. The highest BCUT2D eigenvalue weighted by Crippen LogP contribution is 2.33. The van der Waals surface area contributed by atoms with Crippen LogP contribution < -0.4 is 19.9 Å². The summed E-state index contributed by atoms with van der Waals surface area (Å²) in [5, 5.41) is 0.471. The molecular formula is C24H22N4O3. The van der Waals surface area contributed by atoms with Crippen LogP contribution in [0, 0.1) is 0 Å². The van der Waals surface area contributed by atoms with Gasteiger partial charge in [0.25, 0.3) is 5.56 Å². The van der Waals surface area contributed by atoms with E-state index in [4.69, 9.17) is 14.5 Å². The Hall–Kier alpha value is -3.87. The number of nitrogens with zero attached hydrogens (tertiary/aromatic N) is 3. The number of fused-ring (bicyclic) bond motifs is 2. The molecule has 0 saturated heterocycles. The number of anilines is 1. The third kappa shape index (κ3) is 3.38. The number of hydrogen-bond donors (Lipinski definition) is 1. The van der Waals surface area contributed by atoms with Crippen molar-refractivity contribution < 1.29 is 9.47 Å². The summed E-state index contributed by atoms with van der Waals surface area (Å²) in [6, 6.07) is 13.8. The van der Waals surface area contributed by atoms with Crippen molar-refractivity contribution in [2.75, 3.05) is 25.7 Å². The Bertz CT molecular complexity index is 1320. The molecule has 31 heavy (non-hydrogen) atoms. The van der Waals surface area contributed by atoms with Gasteiger partial charge in [-0.3, -0.25) is 14.8 Å². The van der Waals surface area contributed by atoms with Crippen LogP contribution in [-0.4, -0.2) is 35.7 Å². The minimum Gasteiger partial charge on any atom is -0.493 e. The van der Waals surface area contributed by atoms with Gasteiger partial charge in [0.05, 0.1) is 25.1 Å². The van der Waals surface area contributed by atoms with Gasteiger partial charge in [0.1, 0.15) is 0 Å². The summed E-state index contributed by atoms with van der Waals surface area (Å²) in [5.41, 5.74) is 5.34. The van der Waals surface area contributed by atoms with Crippen LogP contribution in [-0.2, 0) is 13.0 Å². The zero-order valence-electron chi connectivity index (χ0n) is 17.4. The second kappa shape index (κ2) is 7.75. The van der Waals surface area contributed by atoms with Gasteiger partial charge in [-0.05, 0) is 46.9 Å². The van der Waals surface area contributed by atoms with Crippen molar-refractivity contribution in [1.82, 2.24) is 15.0 Å². The maximum atomic E-state index is 12.8. The van der Waals surface area contributed by atoms with Crippen molar-refractivity contribution in [3.05, 3.63) is 76.3 Å². The van der Waals surface area contributed by atoms with Gasteiger partial charge in [0.15, 0.2) is 11.5 Å². The second-order valence-corrected chi connectivity index (χ2v) is 7.46. The van der Waals surface area contributed by atoms with E-state index in [1.807, 2.05) is 24.5 Å². The van der Waals surface area contributed by atoms with Crippen LogP contribution in [0.1, 0.15) is 11.1 Å². The summed E-state index contributed by atoms with van der Waals surface area (Å²) in [6.07, 6.45) is 4.50. The molecule has 0 bridgehead atoms. The number of methoxy groups -OCH3 is 2. The highest BCUT2D eigenvalue weighted by atomic mass is 16.5. The summed E-state index contributed by atoms with van der Waals surface area (Å²) >= 11 is 0. The van der Waals surface area contributed by atoms with Crippen LogP contribution in [0.4, 0.5) is 5.95 Å². The molecule has 0 unspecified atom stereocenters. The lowest BCUT2D eigenvalue weighted by atomic mass is 9.91. The molecule has 0 amide bonds. The first-order chi connectivity index (χ1) is 15.2. The van der Waals surface area contributed by atoms with Crippen LogP contribution in [0.3, 0.4) is 0 Å². The predicted octanol–water partition coefficient (Wildman–Crippen LogP) is 3.57. The van der Waals surface area contributed by atoms with Crippen molar-refractivity contribution >= 4 is 16.9 Å². The molecular weight excluding hydrogens is 392 g/mol. The van der Waals surface area contributed by atoms with Gasteiger partial charge in [-0.15, -0.1) is 0 Å². The van der Waals surface area contributed by atoms with Gasteiger partial charge >= 0.3 is 0 Å². The number of ether oxygens (including phenoxy) is 2. The number of pyridine rings is 1. The minimum absolute atomic E-state index is 0.197. The normalized spacial score (nSPS) is 13.2. The average Bonchev–Trinajstić information content (AvgIpc) is 2.83. The number of benzene rings is 2. The Balaban J connectivity index is 1.52. The molecule has 5 rings (SSSR count). The first-order valence-electron chi connectivity index (χ1n) is 10.1. The third-order valence-electron chi connectivity index (χ3n) is 5.76. The van der Waals surface area contributed by atoms with E-state index in [0.717, 1.165) is 13.0 Å². The van der Waals surface area contributed by atoms with Crippen molar-refractivity contribution in [3.8, 4) is 22.6 Å². The average molecular weight is 414 g/mol. The van der Waals surface area contributed by atoms with Gasteiger partial charge in [0.2, 0.25) is 5.95 Å². The summed E-state index contributed by atoms with van der Waals surface area (Å²) in [5.74, 6) is 1.61. The lowest BCUT2D eigenvalue weighted by molar-refractivity contribution is 0.355. The molecule has 0 spiro atoms. The third-order valence-corrected chi connectivity index (χ3v) is 5.76. The smallest absolute Gasteiger partial charge is 0.260 e. The fourth-order valence-electron chi connectivity index (χ4n) is 4.20. The van der Waals surface area contributed by atoms with E-state index in [0.29, 0.717) is 34.9 Å². The van der Waals surface area contributed by atoms with Gasteiger partial charge < -0.3 is 14.4 Å². The first-order valence-corrected chi connectivity index (χ1v) is 10.1. The van der Waals surface area contributed by atoms with E-state index in [1.54, 1.807) is 26.4 Å². The molecule has 0 atom stereocenters. The molecule has 2 aromatic carbocycles. The van der Waals surface area contributed by atoms with Crippen LogP contribution in [0.5, 0.6) is 11.5 Å². The standard InChI is InChI=1S/C24H22N4O3/c1-30-21-12-19-20(13-22(21)31-2)26-24(27-23(19)29)28-11-8-18-16(14-28)4-3-5-17(18)15-6-9-25-10-7-15/h3-7,9-10,12-13H,8,11,14H2,1-2H3,(H,26,27,29). The van der Waals surface area contributed by atoms with E-state index in [1.165, 1.54) is 22.3 Å². The zero-order chi connectivity index (χ0) is 21.4. The highest BCUT2D eigenvalue weighted by Gasteiger charge is 2.22. The van der Waals surface area contributed by atoms with Crippen molar-refractivity contribution in [1.29, 1.82) is 0 Å². The molecule has 7 nitrogen and oxygen atoms in total. The highest BCUT2D eigenvalue weighted by molar-refractivity contribution is 5.83. The largest absolute Gasteiger partial charge is 0.493 e. The van der Waals surface area contributed by atoms with Crippen LogP contribution in [0.15, 0.2) is 59.7 Å². The van der Waals surface area contributed by atoms with Gasteiger partial charge in [-0.25, -0.2) is 4.98 Å². The fraction of sp³-hybridized carbons (Fsp3) is 0.208. The van der Waals surface area contributed by atoms with Crippen molar-refractivity contribution in [2.45, 2.75) is 13.0 Å². The Morgan fingerprint density at radius 1 is 1.03 bits per heavy atom. The van der Waals surface area contributed by atoms with Crippen LogP contribution >= 0.6 is 0 Å². The summed E-state index contributed by atoms with van der Waals surface area (Å²) in [4.78, 5) is 26.7. The quantitative estimate of drug-likeness (QED) is 0.550. The van der Waals surface area contributed by atoms with E-state index in [9.17, 15) is 4.79 Å². The minimum atomic E-state index is -0.197. The fourth-order valence-corrected chi connectivity index (χ4v) is 4.20. The topological polar surface area (TPSA) is 80.3 Å². The van der Waals surface area contributed by atoms with E-state index in [2.05, 4.69) is 33.1 Å². The van der Waals surface area contributed by atoms with E-state index >= 15 is 0 Å². The molecule has 7 heteroatoms. The van der Waals surface area contributed by atoms with E-state index in [-0.39, 0.29) is 5.56 Å². The number of aromatic amines is 1. The summed E-state index contributed by atoms with van der Waals surface area (Å²) in [6.45, 7) is 1.44. The monoisotopic (exact) mass is 414 g/mol. The van der Waals surface area contributed by atoms with Crippen LogP contribution in [0.25, 0.3) is 22.0 Å². The second-order valence-electron chi connectivity index (χ2n) is 7.46. The van der Waals surface area contributed by atoms with Crippen molar-refractivity contribution in [2.24, 2.45) is 0 Å². The molecule has 1 aliphatic heterocycles. The summed E-state index contributed by atoms with van der Waals surface area (Å²) < 4.78 is 10.7. The molecule has 4 aromatic rings. The molecule has 3 heterocycles. The predicted molar refractivity (Wildman–Crippen MR) is 120 cm³/mol. The maximum absolute atomic E-state index is 12.8. The van der Waals surface area contributed by atoms with E-state index < -0.39 is 0 Å².